The first-order valence-electron chi connectivity index (χ1n) is 7.62. The highest BCUT2D eigenvalue weighted by molar-refractivity contribution is 7.84. The van der Waals surface area contributed by atoms with Crippen molar-refractivity contribution in [3.05, 3.63) is 24.0 Å². The van der Waals surface area contributed by atoms with Gasteiger partial charge in [-0.2, -0.15) is 0 Å². The molecule has 0 saturated heterocycles. The van der Waals surface area contributed by atoms with Gasteiger partial charge in [0, 0.05) is 25.1 Å². The van der Waals surface area contributed by atoms with Gasteiger partial charge in [-0.15, -0.1) is 0 Å². The average molecular weight is 344 g/mol. The molecule has 0 aliphatic carbocycles. The van der Waals surface area contributed by atoms with E-state index in [0.717, 1.165) is 12.5 Å². The van der Waals surface area contributed by atoms with E-state index in [-0.39, 0.29) is 17.4 Å². The largest absolute Gasteiger partial charge is 0.396 e. The van der Waals surface area contributed by atoms with Crippen molar-refractivity contribution in [2.75, 3.05) is 24.7 Å². The van der Waals surface area contributed by atoms with Gasteiger partial charge in [0.25, 0.3) is 0 Å². The smallest absolute Gasteiger partial charge is 0.319 e. The Morgan fingerprint density at radius 3 is 2.61 bits per heavy atom. The van der Waals surface area contributed by atoms with Crippen molar-refractivity contribution >= 4 is 22.5 Å². The van der Waals surface area contributed by atoms with E-state index >= 15 is 0 Å². The molecular weight excluding hydrogens is 319 g/mol. The monoisotopic (exact) mass is 344 g/mol. The van der Waals surface area contributed by atoms with Gasteiger partial charge in [-0.05, 0) is 42.9 Å². The zero-order valence-electron chi connectivity index (χ0n) is 13.8. The van der Waals surface area contributed by atoms with Gasteiger partial charge in [-0.1, -0.05) is 13.8 Å². The zero-order valence-corrected chi connectivity index (χ0v) is 14.6. The lowest BCUT2D eigenvalue weighted by Gasteiger charge is -2.18. The molecule has 130 valence electrons. The molecule has 2 unspecified atom stereocenters. The minimum atomic E-state index is -1.41. The van der Waals surface area contributed by atoms with Gasteiger partial charge >= 0.3 is 6.03 Å². The van der Waals surface area contributed by atoms with E-state index in [1.807, 2.05) is 0 Å². The molecule has 7 heteroatoms. The van der Waals surface area contributed by atoms with Gasteiger partial charge in [-0.3, -0.25) is 4.21 Å². The standard InChI is InChI=1S/C16H25FN2O3S/c1-11(2)8-12(6-7-20)10-18-16(21)19-13-4-5-15(23(3)22)14(17)9-13/h4-5,9,11-12,20H,6-8,10H2,1-3H3,(H2,18,19,21). The van der Waals surface area contributed by atoms with Crippen LogP contribution >= 0.6 is 0 Å². The molecule has 0 aromatic heterocycles. The molecule has 1 aromatic carbocycles. The third kappa shape index (κ3) is 7.09. The topological polar surface area (TPSA) is 78.4 Å². The summed E-state index contributed by atoms with van der Waals surface area (Å²) in [6, 6.07) is 3.63. The predicted molar refractivity (Wildman–Crippen MR) is 90.4 cm³/mol. The van der Waals surface area contributed by atoms with E-state index in [1.54, 1.807) is 0 Å². The number of halogens is 1. The Kier molecular flexibility index (Phi) is 8.19. The highest BCUT2D eigenvalue weighted by Gasteiger charge is 2.13. The summed E-state index contributed by atoms with van der Waals surface area (Å²) < 4.78 is 25.0. The van der Waals surface area contributed by atoms with E-state index < -0.39 is 22.6 Å². The molecule has 0 saturated carbocycles. The van der Waals surface area contributed by atoms with Crippen LogP contribution in [0.25, 0.3) is 0 Å². The molecule has 0 radical (unpaired) electrons. The van der Waals surface area contributed by atoms with Crippen LogP contribution in [0.5, 0.6) is 0 Å². The Bertz CT molecular complexity index is 552. The summed E-state index contributed by atoms with van der Waals surface area (Å²) in [5, 5.41) is 14.3. The summed E-state index contributed by atoms with van der Waals surface area (Å²) in [6.45, 7) is 4.71. The minimum Gasteiger partial charge on any atom is -0.396 e. The Balaban J connectivity index is 2.55. The fraction of sp³-hybridized carbons (Fsp3) is 0.562. The van der Waals surface area contributed by atoms with Crippen molar-refractivity contribution in [3.8, 4) is 0 Å². The number of hydrogen-bond donors (Lipinski definition) is 3. The van der Waals surface area contributed by atoms with Crippen LogP contribution in [0.4, 0.5) is 14.9 Å². The molecule has 2 atom stereocenters. The Labute approximate surface area is 139 Å². The minimum absolute atomic E-state index is 0.0848. The highest BCUT2D eigenvalue weighted by Crippen LogP contribution is 2.17. The fourth-order valence-corrected chi connectivity index (χ4v) is 2.97. The molecule has 0 aliphatic rings. The van der Waals surface area contributed by atoms with Gasteiger partial charge in [0.2, 0.25) is 0 Å². The lowest BCUT2D eigenvalue weighted by Crippen LogP contribution is -2.33. The summed E-state index contributed by atoms with van der Waals surface area (Å²) in [7, 11) is -1.41. The van der Waals surface area contributed by atoms with Gasteiger partial charge < -0.3 is 15.7 Å². The van der Waals surface area contributed by atoms with Crippen molar-refractivity contribution in [1.29, 1.82) is 0 Å². The molecule has 2 amide bonds. The molecule has 23 heavy (non-hydrogen) atoms. The van der Waals surface area contributed by atoms with Crippen molar-refractivity contribution in [2.24, 2.45) is 11.8 Å². The molecule has 0 aliphatic heterocycles. The number of carbonyl (C=O) groups is 1. The van der Waals surface area contributed by atoms with Gasteiger partial charge in [0.15, 0.2) is 0 Å². The van der Waals surface area contributed by atoms with E-state index in [0.29, 0.717) is 24.6 Å². The second-order valence-corrected chi connectivity index (χ2v) is 7.29. The lowest BCUT2D eigenvalue weighted by atomic mass is 9.94. The summed E-state index contributed by atoms with van der Waals surface area (Å²) in [4.78, 5) is 12.0. The van der Waals surface area contributed by atoms with Crippen LogP contribution in [0.2, 0.25) is 0 Å². The first-order valence-corrected chi connectivity index (χ1v) is 9.18. The molecule has 1 rings (SSSR count). The van der Waals surface area contributed by atoms with Crippen LogP contribution in [0, 0.1) is 17.7 Å². The summed E-state index contributed by atoms with van der Waals surface area (Å²) >= 11 is 0. The van der Waals surface area contributed by atoms with Crippen LogP contribution in [-0.2, 0) is 10.8 Å². The van der Waals surface area contributed by atoms with Gasteiger partial charge in [0.05, 0.1) is 15.7 Å². The molecular formula is C16H25FN2O3S. The number of benzene rings is 1. The summed E-state index contributed by atoms with van der Waals surface area (Å²) in [5.74, 6) is 0.0712. The van der Waals surface area contributed by atoms with Crippen LogP contribution in [0.1, 0.15) is 26.7 Å². The fourth-order valence-electron chi connectivity index (χ4n) is 2.38. The Hall–Kier alpha value is -1.47. The lowest BCUT2D eigenvalue weighted by molar-refractivity contribution is 0.231. The first-order chi connectivity index (χ1) is 10.8. The third-order valence-corrected chi connectivity index (χ3v) is 4.34. The number of aliphatic hydroxyl groups is 1. The molecule has 5 nitrogen and oxygen atoms in total. The quantitative estimate of drug-likeness (QED) is 0.678. The van der Waals surface area contributed by atoms with Crippen LogP contribution < -0.4 is 10.6 Å². The van der Waals surface area contributed by atoms with Crippen molar-refractivity contribution in [1.82, 2.24) is 5.32 Å². The zero-order chi connectivity index (χ0) is 17.4. The second kappa shape index (κ2) is 9.62. The van der Waals surface area contributed by atoms with Crippen molar-refractivity contribution in [2.45, 2.75) is 31.6 Å². The first kappa shape index (κ1) is 19.6. The number of nitrogens with one attached hydrogen (secondary N) is 2. The number of anilines is 1. The van der Waals surface area contributed by atoms with E-state index in [4.69, 9.17) is 5.11 Å². The molecule has 0 fully saturated rings. The molecule has 0 heterocycles. The predicted octanol–water partition coefficient (Wildman–Crippen LogP) is 2.73. The number of hydrogen-bond acceptors (Lipinski definition) is 3. The maximum absolute atomic E-state index is 13.7. The number of aliphatic hydroxyl groups excluding tert-OH is 1. The molecule has 0 bridgehead atoms. The van der Waals surface area contributed by atoms with E-state index in [9.17, 15) is 13.4 Å². The second-order valence-electron chi connectivity index (χ2n) is 5.94. The SMILES string of the molecule is CC(C)CC(CCO)CNC(=O)Nc1ccc(S(C)=O)c(F)c1. The number of carbonyl (C=O) groups excluding carboxylic acids is 1. The van der Waals surface area contributed by atoms with Gasteiger partial charge in [-0.25, -0.2) is 9.18 Å². The number of rotatable bonds is 8. The van der Waals surface area contributed by atoms with Gasteiger partial charge in [0.1, 0.15) is 5.82 Å². The molecule has 3 N–H and O–H groups in total. The van der Waals surface area contributed by atoms with E-state index in [2.05, 4.69) is 24.5 Å². The summed E-state index contributed by atoms with van der Waals surface area (Å²) in [6.07, 6.45) is 2.94. The maximum atomic E-state index is 13.7. The molecule has 1 aromatic rings. The summed E-state index contributed by atoms with van der Waals surface area (Å²) in [5.41, 5.74) is 0.303. The maximum Gasteiger partial charge on any atom is 0.319 e. The highest BCUT2D eigenvalue weighted by atomic mass is 32.2. The van der Waals surface area contributed by atoms with Crippen LogP contribution in [0.15, 0.2) is 23.1 Å². The molecule has 0 spiro atoms. The number of urea groups is 1. The average Bonchev–Trinajstić information content (AvgIpc) is 2.44. The normalized spacial score (nSPS) is 13.7. The Morgan fingerprint density at radius 1 is 1.39 bits per heavy atom. The van der Waals surface area contributed by atoms with Crippen molar-refractivity contribution in [3.63, 3.8) is 0 Å². The Morgan fingerprint density at radius 2 is 2.09 bits per heavy atom. The number of amides is 2. The van der Waals surface area contributed by atoms with Crippen LogP contribution in [-0.4, -0.2) is 34.8 Å². The third-order valence-electron chi connectivity index (χ3n) is 3.39. The van der Waals surface area contributed by atoms with Crippen molar-refractivity contribution < 1.29 is 18.5 Å². The van der Waals surface area contributed by atoms with Crippen LogP contribution in [0.3, 0.4) is 0 Å². The van der Waals surface area contributed by atoms with E-state index in [1.165, 1.54) is 18.4 Å².